The van der Waals surface area contributed by atoms with Gasteiger partial charge in [0.15, 0.2) is 17.2 Å². The van der Waals surface area contributed by atoms with Crippen molar-refractivity contribution in [3.05, 3.63) is 52.1 Å². The molecule has 33 heavy (non-hydrogen) atoms. The lowest BCUT2D eigenvalue weighted by Gasteiger charge is -2.54. The molecule has 7 nitrogen and oxygen atoms in total. The van der Waals surface area contributed by atoms with E-state index in [1.807, 2.05) is 39.8 Å². The number of hydrogen-bond donors (Lipinski definition) is 2. The number of rotatable bonds is 4. The molecule has 1 spiro atoms. The van der Waals surface area contributed by atoms with E-state index in [2.05, 4.69) is 0 Å². The third kappa shape index (κ3) is 2.59. The highest BCUT2D eigenvalue weighted by atomic mass is 16.6. The molecule has 2 heterocycles. The molecule has 0 radical (unpaired) electrons. The fourth-order valence-electron chi connectivity index (χ4n) is 5.69. The van der Waals surface area contributed by atoms with Crippen LogP contribution in [0.1, 0.15) is 56.5 Å². The molecular weight excluding hydrogens is 424 g/mol. The van der Waals surface area contributed by atoms with E-state index in [4.69, 9.17) is 9.47 Å². The van der Waals surface area contributed by atoms with Crippen molar-refractivity contribution in [1.82, 2.24) is 0 Å². The van der Waals surface area contributed by atoms with E-state index >= 15 is 0 Å². The highest BCUT2D eigenvalue weighted by molar-refractivity contribution is 6.19. The molecule has 1 unspecified atom stereocenters. The zero-order valence-corrected chi connectivity index (χ0v) is 19.0. The largest absolute Gasteiger partial charge is 0.507 e. The monoisotopic (exact) mass is 450 g/mol. The lowest BCUT2D eigenvalue weighted by molar-refractivity contribution is -0.170. The van der Waals surface area contributed by atoms with Crippen LogP contribution in [-0.2, 0) is 20.7 Å². The normalized spacial score (nSPS) is 30.7. The fourth-order valence-corrected chi connectivity index (χ4v) is 5.69. The summed E-state index contributed by atoms with van der Waals surface area (Å²) < 4.78 is 12.3. The molecule has 0 aromatic heterocycles. The summed E-state index contributed by atoms with van der Waals surface area (Å²) in [4.78, 5) is 40.4. The summed E-state index contributed by atoms with van der Waals surface area (Å²) in [5, 5.41) is 21.2. The molecule has 7 heteroatoms. The summed E-state index contributed by atoms with van der Waals surface area (Å²) in [5.74, 6) is -3.45. The number of hydrogen-bond acceptors (Lipinski definition) is 7. The predicted octanol–water partition coefficient (Wildman–Crippen LogP) is 3.72. The summed E-state index contributed by atoms with van der Waals surface area (Å²) >= 11 is 0. The minimum atomic E-state index is -1.67. The van der Waals surface area contributed by atoms with Gasteiger partial charge in [-0.15, -0.1) is 0 Å². The van der Waals surface area contributed by atoms with Crippen LogP contribution in [-0.4, -0.2) is 39.0 Å². The SMILES string of the molecule is CC(C)=CCc1c(O)cc(O)c2c1O[C@]13C(=C[C@@H]4C[C@H]1C(=O)OC3(CC=C(C)C)C4=O)C2=O. The van der Waals surface area contributed by atoms with Crippen molar-refractivity contribution in [2.75, 3.05) is 0 Å². The van der Waals surface area contributed by atoms with Crippen molar-refractivity contribution < 1.29 is 34.1 Å². The molecular formula is C26H26O7. The average molecular weight is 450 g/mol. The van der Waals surface area contributed by atoms with Crippen molar-refractivity contribution in [1.29, 1.82) is 0 Å². The van der Waals surface area contributed by atoms with Gasteiger partial charge in [-0.25, -0.2) is 0 Å². The van der Waals surface area contributed by atoms with Crippen LogP contribution in [0.3, 0.4) is 0 Å². The number of benzene rings is 1. The highest BCUT2D eigenvalue weighted by Gasteiger charge is 2.80. The number of carbonyl (C=O) groups is 3. The number of phenols is 2. The van der Waals surface area contributed by atoms with Crippen molar-refractivity contribution in [3.8, 4) is 17.2 Å². The topological polar surface area (TPSA) is 110 Å². The smallest absolute Gasteiger partial charge is 0.314 e. The Bertz CT molecular complexity index is 1230. The van der Waals surface area contributed by atoms with Crippen LogP contribution in [0.4, 0.5) is 0 Å². The Hall–Kier alpha value is -3.35. The fraction of sp³-hybridized carbons (Fsp3) is 0.423. The average Bonchev–Trinajstić information content (AvgIpc) is 2.92. The van der Waals surface area contributed by atoms with Crippen LogP contribution in [0, 0.1) is 11.8 Å². The number of aromatic hydroxyl groups is 2. The zero-order valence-electron chi connectivity index (χ0n) is 19.0. The van der Waals surface area contributed by atoms with E-state index in [0.717, 1.165) is 17.2 Å². The van der Waals surface area contributed by atoms with Crippen LogP contribution >= 0.6 is 0 Å². The summed E-state index contributed by atoms with van der Waals surface area (Å²) in [5.41, 5.74) is -0.946. The Morgan fingerprint density at radius 3 is 2.42 bits per heavy atom. The van der Waals surface area contributed by atoms with Gasteiger partial charge in [0.2, 0.25) is 5.60 Å². The van der Waals surface area contributed by atoms with Gasteiger partial charge in [0.1, 0.15) is 28.7 Å². The molecule has 5 aliphatic rings. The highest BCUT2D eigenvalue weighted by Crippen LogP contribution is 2.64. The molecule has 1 saturated carbocycles. The van der Waals surface area contributed by atoms with Crippen molar-refractivity contribution in [3.63, 3.8) is 0 Å². The summed E-state index contributed by atoms with van der Waals surface area (Å²) in [6.45, 7) is 7.55. The molecule has 3 aliphatic carbocycles. The van der Waals surface area contributed by atoms with Gasteiger partial charge in [-0.05, 0) is 40.5 Å². The number of fused-ring (bicyclic) bond motifs is 1. The van der Waals surface area contributed by atoms with E-state index in [-0.39, 0.29) is 47.7 Å². The van der Waals surface area contributed by atoms with Crippen LogP contribution in [0.25, 0.3) is 0 Å². The van der Waals surface area contributed by atoms with Gasteiger partial charge in [0.05, 0.1) is 0 Å². The first kappa shape index (κ1) is 21.5. The maximum absolute atomic E-state index is 13.8. The maximum Gasteiger partial charge on any atom is 0.314 e. The molecule has 172 valence electrons. The van der Waals surface area contributed by atoms with Gasteiger partial charge in [-0.2, -0.15) is 0 Å². The maximum atomic E-state index is 13.8. The van der Waals surface area contributed by atoms with Gasteiger partial charge >= 0.3 is 5.97 Å². The molecule has 2 aliphatic heterocycles. The molecule has 6 rings (SSSR count). The molecule has 1 aromatic carbocycles. The van der Waals surface area contributed by atoms with Crippen molar-refractivity contribution in [2.24, 2.45) is 11.8 Å². The number of ether oxygens (including phenoxy) is 2. The Kier molecular flexibility index (Phi) is 4.45. The molecule has 4 bridgehead atoms. The second-order valence-corrected chi connectivity index (χ2v) is 9.82. The van der Waals surface area contributed by atoms with Crippen LogP contribution in [0.15, 0.2) is 41.0 Å². The Balaban J connectivity index is 1.80. The number of esters is 1. The van der Waals surface area contributed by atoms with Crippen LogP contribution in [0.5, 0.6) is 17.2 Å². The summed E-state index contributed by atoms with van der Waals surface area (Å²) in [6.07, 6.45) is 5.79. The molecule has 2 fully saturated rings. The number of phenolic OH excluding ortho intramolecular Hbond substituents is 2. The third-order valence-electron chi connectivity index (χ3n) is 7.23. The first-order valence-electron chi connectivity index (χ1n) is 11.1. The van der Waals surface area contributed by atoms with Crippen LogP contribution in [0.2, 0.25) is 0 Å². The first-order valence-corrected chi connectivity index (χ1v) is 11.1. The summed E-state index contributed by atoms with van der Waals surface area (Å²) in [6, 6.07) is 1.13. The van der Waals surface area contributed by atoms with Crippen molar-refractivity contribution >= 4 is 17.5 Å². The van der Waals surface area contributed by atoms with Gasteiger partial charge in [-0.1, -0.05) is 29.4 Å². The number of Topliss-reactive ketones (excluding diaryl/α,β-unsaturated/α-hetero) is 2. The van der Waals surface area contributed by atoms with E-state index in [9.17, 15) is 24.6 Å². The lowest BCUT2D eigenvalue weighted by atomic mass is 9.53. The zero-order chi connectivity index (χ0) is 23.9. The predicted molar refractivity (Wildman–Crippen MR) is 118 cm³/mol. The first-order chi connectivity index (χ1) is 15.5. The van der Waals surface area contributed by atoms with E-state index in [1.165, 1.54) is 0 Å². The van der Waals surface area contributed by atoms with Gasteiger partial charge in [0.25, 0.3) is 0 Å². The number of carbonyl (C=O) groups excluding carboxylic acids is 3. The Morgan fingerprint density at radius 1 is 1.06 bits per heavy atom. The molecule has 1 aromatic rings. The summed E-state index contributed by atoms with van der Waals surface area (Å²) in [7, 11) is 0. The standard InChI is InChI=1S/C26H26O7/c1-12(2)5-6-15-18(27)11-19(28)20-21(29)16-9-14-10-17-24(31)33-25(23(14)30,8-7-13(3)4)26(16,17)32-22(15)20/h5,7,9,11,14,17,27-28H,6,8,10H2,1-4H3/t14-,17+,25?,26-/m1/s1. The van der Waals surface area contributed by atoms with Crippen molar-refractivity contribution in [2.45, 2.75) is 58.2 Å². The number of allylic oxidation sites excluding steroid dienone is 4. The van der Waals surface area contributed by atoms with E-state index in [0.29, 0.717) is 5.56 Å². The molecule has 0 amide bonds. The lowest BCUT2D eigenvalue weighted by Crippen LogP contribution is -2.72. The molecule has 1 saturated heterocycles. The Morgan fingerprint density at radius 2 is 1.76 bits per heavy atom. The van der Waals surface area contributed by atoms with E-state index in [1.54, 1.807) is 6.08 Å². The van der Waals surface area contributed by atoms with Crippen LogP contribution < -0.4 is 4.74 Å². The quantitative estimate of drug-likeness (QED) is 0.531. The van der Waals surface area contributed by atoms with E-state index < -0.39 is 40.5 Å². The minimum absolute atomic E-state index is 0.00479. The minimum Gasteiger partial charge on any atom is -0.507 e. The van der Waals surface area contributed by atoms with Gasteiger partial charge in [-0.3, -0.25) is 14.4 Å². The second kappa shape index (κ2) is 6.83. The Labute approximate surface area is 191 Å². The number of ketones is 2. The van der Waals surface area contributed by atoms with Gasteiger partial charge < -0.3 is 19.7 Å². The third-order valence-corrected chi connectivity index (χ3v) is 7.23. The van der Waals surface area contributed by atoms with Gasteiger partial charge in [0, 0.05) is 29.5 Å². The second-order valence-electron chi connectivity index (χ2n) is 9.82. The molecule has 2 N–H and O–H groups in total. The molecule has 4 atom stereocenters.